The minimum atomic E-state index is -1.96. The molecule has 162 valence electrons. The number of hydrogen-bond donors (Lipinski definition) is 0. The van der Waals surface area contributed by atoms with Crippen LogP contribution in [0.1, 0.15) is 52.9 Å². The number of hydrogen-bond acceptors (Lipinski definition) is 3. The van der Waals surface area contributed by atoms with Crippen LogP contribution in [0.15, 0.2) is 11.8 Å². The first-order valence-electron chi connectivity index (χ1n) is 11.1. The van der Waals surface area contributed by atoms with Gasteiger partial charge in [-0.2, -0.15) is 0 Å². The third-order valence-corrected chi connectivity index (χ3v) is 16.1. The van der Waals surface area contributed by atoms with Crippen LogP contribution >= 0.6 is 0 Å². The van der Waals surface area contributed by atoms with Crippen molar-refractivity contribution in [2.45, 2.75) is 90.3 Å². The van der Waals surface area contributed by atoms with E-state index in [1.807, 2.05) is 6.26 Å². The van der Waals surface area contributed by atoms with Crippen LogP contribution in [0.25, 0.3) is 0 Å². The van der Waals surface area contributed by atoms with Crippen LogP contribution in [0.3, 0.4) is 0 Å². The van der Waals surface area contributed by atoms with E-state index in [1.165, 1.54) is 29.3 Å². The molecule has 1 saturated carbocycles. The van der Waals surface area contributed by atoms with Crippen molar-refractivity contribution in [3.8, 4) is 6.07 Å². The van der Waals surface area contributed by atoms with Gasteiger partial charge in [-0.3, -0.25) is 0 Å². The Labute approximate surface area is 180 Å². The van der Waals surface area contributed by atoms with E-state index in [0.29, 0.717) is 11.8 Å². The molecule has 1 rings (SSSR count). The van der Waals surface area contributed by atoms with E-state index in [4.69, 9.17) is 9.16 Å². The molecule has 0 N–H and O–H groups in total. The zero-order valence-electron chi connectivity index (χ0n) is 20.0. The monoisotopic (exact) mass is 515 g/mol. The zero-order chi connectivity index (χ0) is 21.6. The summed E-state index contributed by atoms with van der Waals surface area (Å²) in [5.74, 6) is 1.26. The predicted octanol–water partition coefficient (Wildman–Crippen LogP) is 7.21. The summed E-state index contributed by atoms with van der Waals surface area (Å²) in [5.41, 5.74) is 1.44. The third-order valence-electron chi connectivity index (χ3n) is 6.65. The molecule has 0 spiro atoms. The maximum atomic E-state index is 9.73. The number of allylic oxidation sites excluding steroid dienone is 1. The molecular weight excluding hydrogens is 469 g/mol. The molecule has 28 heavy (non-hydrogen) atoms. The van der Waals surface area contributed by atoms with E-state index < -0.39 is 26.7 Å². The summed E-state index contributed by atoms with van der Waals surface area (Å²) in [6.07, 6.45) is 7.77. The average Bonchev–Trinajstić information content (AvgIpc) is 2.54. The molecule has 0 amide bonds. The fraction of sp³-hybridized carbons (Fsp3) is 0.870. The van der Waals surface area contributed by atoms with Gasteiger partial charge >= 0.3 is 181 Å². The molecule has 0 saturated heterocycles. The summed E-state index contributed by atoms with van der Waals surface area (Å²) in [5, 5.41) is 9.98. The number of nitriles is 1. The SMILES string of the molecule is CO/C=C1/[C@H](CCO[Si](C)(C)C(C)(C)C)CCC[C@@H]1CC(C#N)[CH2][Sn]([CH3])([CH3])[CH3]. The molecule has 0 aromatic rings. The van der Waals surface area contributed by atoms with Crippen molar-refractivity contribution in [3.63, 3.8) is 0 Å². The number of nitrogens with zero attached hydrogens (tertiary/aromatic N) is 1. The Bertz CT molecular complexity index is 554. The van der Waals surface area contributed by atoms with Gasteiger partial charge in [0.15, 0.2) is 0 Å². The second-order valence-electron chi connectivity index (χ2n) is 11.4. The second kappa shape index (κ2) is 10.9. The van der Waals surface area contributed by atoms with Crippen molar-refractivity contribution in [1.29, 1.82) is 5.26 Å². The van der Waals surface area contributed by atoms with E-state index in [1.54, 1.807) is 7.11 Å². The average molecular weight is 514 g/mol. The summed E-state index contributed by atoms with van der Waals surface area (Å²) in [6, 6.07) is 2.63. The first-order valence-corrected chi connectivity index (χ1v) is 24.6. The molecular formula is C23H45NO2SiSn. The normalized spacial score (nSPS) is 24.1. The molecule has 1 fully saturated rings. The van der Waals surface area contributed by atoms with Crippen LogP contribution in [-0.2, 0) is 9.16 Å². The summed E-state index contributed by atoms with van der Waals surface area (Å²) >= 11 is -1.96. The van der Waals surface area contributed by atoms with Crippen molar-refractivity contribution in [2.75, 3.05) is 13.7 Å². The molecule has 1 unspecified atom stereocenters. The van der Waals surface area contributed by atoms with Crippen LogP contribution in [0.2, 0.25) is 37.4 Å². The number of ether oxygens (including phenoxy) is 1. The van der Waals surface area contributed by atoms with Gasteiger partial charge in [0.05, 0.1) is 0 Å². The van der Waals surface area contributed by atoms with Crippen molar-refractivity contribution in [3.05, 3.63) is 11.8 Å². The van der Waals surface area contributed by atoms with Gasteiger partial charge in [-0.05, 0) is 0 Å². The Balaban J connectivity index is 2.78. The topological polar surface area (TPSA) is 42.2 Å². The third kappa shape index (κ3) is 8.40. The van der Waals surface area contributed by atoms with E-state index in [-0.39, 0.29) is 11.0 Å². The van der Waals surface area contributed by atoms with Crippen molar-refractivity contribution in [1.82, 2.24) is 0 Å². The van der Waals surface area contributed by atoms with Gasteiger partial charge in [0.1, 0.15) is 0 Å². The Morgan fingerprint density at radius 1 is 1.21 bits per heavy atom. The van der Waals surface area contributed by atoms with Gasteiger partial charge in [-0.15, -0.1) is 0 Å². The molecule has 0 radical (unpaired) electrons. The standard InChI is InChI=1S/C20H36NO2Si.3CH3.Sn/c1-16(14-21)13-18-10-8-9-17(19(18)15-22-5)11-12-23-24(6,7)20(2,3)4;;;;/h15-18H,1,8-13H2,2-7H3;3*1H3;/b19-15-;;;;/t16?,17-,18+;;;;/m0..../s1. The van der Waals surface area contributed by atoms with Crippen LogP contribution in [0.5, 0.6) is 0 Å². The molecule has 3 nitrogen and oxygen atoms in total. The minimum absolute atomic E-state index is 0.211. The molecule has 0 heterocycles. The first kappa shape index (κ1) is 26.0. The molecule has 1 aliphatic rings. The maximum absolute atomic E-state index is 9.73. The van der Waals surface area contributed by atoms with Crippen molar-refractivity contribution >= 4 is 26.7 Å². The number of methoxy groups -OCH3 is 1. The zero-order valence-corrected chi connectivity index (χ0v) is 23.9. The summed E-state index contributed by atoms with van der Waals surface area (Å²) in [7, 11) is 0.0666. The van der Waals surface area contributed by atoms with E-state index >= 15 is 0 Å². The van der Waals surface area contributed by atoms with Crippen LogP contribution in [0.4, 0.5) is 0 Å². The molecule has 5 heteroatoms. The molecule has 0 aromatic heterocycles. The first-order chi connectivity index (χ1) is 12.8. The Hall–Kier alpha value is 0.00558. The summed E-state index contributed by atoms with van der Waals surface area (Å²) in [6.45, 7) is 12.4. The molecule has 1 aliphatic carbocycles. The Morgan fingerprint density at radius 2 is 1.82 bits per heavy atom. The summed E-state index contributed by atoms with van der Waals surface area (Å²) < 4.78 is 13.1. The quantitative estimate of drug-likeness (QED) is 0.241. The van der Waals surface area contributed by atoms with E-state index in [2.05, 4.69) is 54.8 Å². The van der Waals surface area contributed by atoms with Gasteiger partial charge in [-0.25, -0.2) is 0 Å². The Morgan fingerprint density at radius 3 is 2.32 bits per heavy atom. The summed E-state index contributed by atoms with van der Waals surface area (Å²) in [4.78, 5) is 7.31. The molecule has 0 aliphatic heterocycles. The number of rotatable bonds is 9. The van der Waals surface area contributed by atoms with Crippen LogP contribution in [0, 0.1) is 29.1 Å². The van der Waals surface area contributed by atoms with Gasteiger partial charge in [-0.1, -0.05) is 0 Å². The van der Waals surface area contributed by atoms with Crippen LogP contribution in [-0.4, -0.2) is 40.4 Å². The van der Waals surface area contributed by atoms with Gasteiger partial charge in [0.25, 0.3) is 0 Å². The van der Waals surface area contributed by atoms with E-state index in [9.17, 15) is 5.26 Å². The van der Waals surface area contributed by atoms with Crippen molar-refractivity contribution in [2.24, 2.45) is 17.8 Å². The predicted molar refractivity (Wildman–Crippen MR) is 126 cm³/mol. The second-order valence-corrected chi connectivity index (χ2v) is 32.0. The fourth-order valence-corrected chi connectivity index (χ4v) is 10.1. The molecule has 0 aromatic carbocycles. The molecule has 0 bridgehead atoms. The van der Waals surface area contributed by atoms with Crippen molar-refractivity contribution < 1.29 is 9.16 Å². The van der Waals surface area contributed by atoms with Gasteiger partial charge < -0.3 is 0 Å². The Kier molecular flexibility index (Phi) is 10.1. The van der Waals surface area contributed by atoms with Crippen LogP contribution < -0.4 is 0 Å². The van der Waals surface area contributed by atoms with E-state index in [0.717, 1.165) is 19.4 Å². The molecule has 3 atom stereocenters. The fourth-order valence-electron chi connectivity index (χ4n) is 4.11. The van der Waals surface area contributed by atoms with Gasteiger partial charge in [0, 0.05) is 0 Å². The van der Waals surface area contributed by atoms with Gasteiger partial charge in [0.2, 0.25) is 0 Å².